The summed E-state index contributed by atoms with van der Waals surface area (Å²) in [7, 11) is 0. The van der Waals surface area contributed by atoms with E-state index in [2.05, 4.69) is 63.8 Å². The summed E-state index contributed by atoms with van der Waals surface area (Å²) in [5.41, 5.74) is 10.6. The van der Waals surface area contributed by atoms with Crippen LogP contribution in [0.4, 0.5) is 17.8 Å². The fourth-order valence-electron chi connectivity index (χ4n) is 18.2. The molecule has 9 N–H and O–H groups in total. The molecule has 9 aliphatic rings. The summed E-state index contributed by atoms with van der Waals surface area (Å²) in [6.45, 7) is 11.8. The van der Waals surface area contributed by atoms with Crippen molar-refractivity contribution in [1.82, 2.24) is 58.3 Å². The third-order valence-electron chi connectivity index (χ3n) is 25.6. The summed E-state index contributed by atoms with van der Waals surface area (Å²) in [6, 6.07) is 18.4. The molecule has 9 fully saturated rings. The Kier molecular flexibility index (Phi) is 23.8. The number of fused-ring (bicyclic) bond motifs is 9. The lowest BCUT2D eigenvalue weighted by molar-refractivity contribution is -0.149. The summed E-state index contributed by atoms with van der Waals surface area (Å²) >= 11 is 0. The smallest absolute Gasteiger partial charge is 0.309 e. The van der Waals surface area contributed by atoms with Gasteiger partial charge in [0.15, 0.2) is 0 Å². The number of likely N-dealkylation sites (tertiary alicyclic amines) is 3. The fourth-order valence-corrected chi connectivity index (χ4v) is 18.2. The van der Waals surface area contributed by atoms with Gasteiger partial charge in [0.25, 0.3) is 16.7 Å². The number of esters is 1. The summed E-state index contributed by atoms with van der Waals surface area (Å²) in [5.74, 6) is 2.45. The fraction of sp³-hybridized carbons (Fsp3) is 0.581. The van der Waals surface area contributed by atoms with E-state index >= 15 is 0 Å². The number of aliphatic hydroxyl groups is 3. The monoisotopic (exact) mass is 1540 g/mol. The van der Waals surface area contributed by atoms with Gasteiger partial charge in [0.05, 0.1) is 36.8 Å². The molecule has 0 unspecified atom stereocenters. The van der Waals surface area contributed by atoms with Gasteiger partial charge in [-0.2, -0.15) is 15.0 Å². The van der Waals surface area contributed by atoms with Crippen molar-refractivity contribution >= 4 is 101 Å². The maximum atomic E-state index is 14.1. The molecule has 0 spiro atoms. The number of aromatic nitrogens is 9. The summed E-state index contributed by atoms with van der Waals surface area (Å²) < 4.78 is 10.8. The summed E-state index contributed by atoms with van der Waals surface area (Å²) in [4.78, 5) is 112. The molecule has 113 heavy (non-hydrogen) atoms. The number of piperidine rings is 3. The van der Waals surface area contributed by atoms with E-state index in [1.165, 1.54) is 38.5 Å². The van der Waals surface area contributed by atoms with Crippen molar-refractivity contribution in [3.63, 3.8) is 0 Å². The molecule has 0 bridgehead atoms. The first-order chi connectivity index (χ1) is 54.9. The third kappa shape index (κ3) is 18.2. The van der Waals surface area contributed by atoms with E-state index in [1.54, 1.807) is 0 Å². The number of carbonyl (C=O) groups is 3. The summed E-state index contributed by atoms with van der Waals surface area (Å²) in [5, 5.41) is 56.9. The molecule has 0 atom stereocenters. The SMILES string of the molecule is CCOC(=O)C1CCN(Cc2ccc3c(c2)c(=O)n(C2CCC(O)CC2)c2nc(NCC4CC4)ncc32)CC1.NC(=O)C1CCN(Cc2ccc3c(c2)c(=O)n(C2CCC(O)CC2)c2nc(NCC4CC4)ncc32)CC1.O=C(O)C1CCN(Cc2ccc3c(c2)c(=O)n(C2CCC(O)CC2)c2nc(NCC4CC4)ncc32)CC1. The van der Waals surface area contributed by atoms with Crippen LogP contribution in [-0.2, 0) is 38.8 Å². The molecule has 0 radical (unpaired) electrons. The number of primary amides is 1. The van der Waals surface area contributed by atoms with E-state index < -0.39 is 5.97 Å². The predicted molar refractivity (Wildman–Crippen MR) is 436 cm³/mol. The molecular formula is C86H110N16O11. The molecule has 6 aromatic heterocycles. The number of carboxylic acid groups (broad SMARTS) is 1. The van der Waals surface area contributed by atoms with Crippen LogP contribution in [0.1, 0.15) is 196 Å². The Balaban J connectivity index is 0.000000128. The molecule has 600 valence electrons. The molecule has 6 aliphatic carbocycles. The van der Waals surface area contributed by atoms with Crippen LogP contribution in [-0.4, -0.2) is 180 Å². The first-order valence-corrected chi connectivity index (χ1v) is 42.1. The topological polar surface area (TPSA) is 357 Å². The molecular weight excluding hydrogens is 1430 g/mol. The average molecular weight is 1540 g/mol. The number of anilines is 3. The first-order valence-electron chi connectivity index (χ1n) is 42.1. The molecule has 3 aliphatic heterocycles. The lowest BCUT2D eigenvalue weighted by Gasteiger charge is -2.31. The van der Waals surface area contributed by atoms with Crippen LogP contribution in [0, 0.1) is 35.5 Å². The number of carboxylic acids is 1. The zero-order valence-electron chi connectivity index (χ0n) is 65.1. The van der Waals surface area contributed by atoms with Gasteiger partial charge in [-0.05, 0) is 269 Å². The van der Waals surface area contributed by atoms with Crippen molar-refractivity contribution in [3.8, 4) is 0 Å². The molecule has 27 heteroatoms. The Morgan fingerprint density at radius 2 is 0.708 bits per heavy atom. The van der Waals surface area contributed by atoms with Crippen LogP contribution >= 0.6 is 0 Å². The molecule has 3 saturated heterocycles. The number of hydrogen-bond acceptors (Lipinski definition) is 22. The van der Waals surface area contributed by atoms with E-state index in [0.717, 1.165) is 185 Å². The number of hydrogen-bond donors (Lipinski definition) is 8. The lowest BCUT2D eigenvalue weighted by Crippen LogP contribution is -2.38. The third-order valence-corrected chi connectivity index (χ3v) is 25.6. The van der Waals surface area contributed by atoms with E-state index in [1.807, 2.05) is 75.6 Å². The normalized spacial score (nSPS) is 23.3. The minimum Gasteiger partial charge on any atom is -0.481 e. The van der Waals surface area contributed by atoms with Gasteiger partial charge < -0.3 is 46.8 Å². The van der Waals surface area contributed by atoms with Crippen LogP contribution < -0.4 is 38.4 Å². The highest BCUT2D eigenvalue weighted by Gasteiger charge is 2.34. The number of pyridine rings is 3. The number of nitrogens with two attached hydrogens (primary N) is 1. The van der Waals surface area contributed by atoms with Gasteiger partial charge in [0.1, 0.15) is 16.9 Å². The van der Waals surface area contributed by atoms with Crippen molar-refractivity contribution in [2.24, 2.45) is 41.2 Å². The van der Waals surface area contributed by atoms with Crippen molar-refractivity contribution < 1.29 is 39.5 Å². The van der Waals surface area contributed by atoms with Crippen molar-refractivity contribution in [2.75, 3.05) is 81.5 Å². The largest absolute Gasteiger partial charge is 0.481 e. The van der Waals surface area contributed by atoms with Gasteiger partial charge in [-0.1, -0.05) is 36.4 Å². The zero-order chi connectivity index (χ0) is 78.0. The minimum atomic E-state index is -0.707. The minimum absolute atomic E-state index is 0.00421. The van der Waals surface area contributed by atoms with E-state index in [9.17, 15) is 49.2 Å². The number of carbonyl (C=O) groups excluding carboxylic acids is 2. The van der Waals surface area contributed by atoms with E-state index in [0.29, 0.717) is 133 Å². The highest BCUT2D eigenvalue weighted by atomic mass is 16.5. The maximum absolute atomic E-state index is 14.1. The standard InChI is InChI=1S/C30H39N5O4.C28H36N6O3.C28H35N5O4/c1-2-39-29(38)21-11-13-34(14-12-21)18-20-5-10-24-25(15-20)28(37)35(22-6-8-23(36)9-7-22)27-26(24)17-32-30(33-27)31-16-19-3-4-19;29-25(36)19-9-11-33(12-10-19)16-18-3-8-22-23(13-18)27(37)34(20-4-6-21(35)7-5-20)26-24(22)15-31-28(32-26)30-14-17-1-2-17;34-21-6-4-20(5-7-21)33-25-24(15-30-28(31-25)29-14-17-1-2-17)22-8-3-18(13-23(22)26(33)35)16-32-11-9-19(10-12-32)27(36)37/h5,10,15,17,19,21-23,36H,2-4,6-9,11-14,16,18H2,1H3,(H,31,32,33);3,8,13,15,17,19-21,35H,1-2,4-7,9-12,14,16H2,(H2,29,36)(H,30,31,32);3,8,13,15,17,19-21,34H,1-2,4-7,9-12,14,16H2,(H,36,37)(H,29,30,31). The van der Waals surface area contributed by atoms with Crippen LogP contribution in [0.15, 0.2) is 87.6 Å². The van der Waals surface area contributed by atoms with E-state index in [4.69, 9.17) is 25.4 Å². The van der Waals surface area contributed by atoms with Crippen molar-refractivity contribution in [3.05, 3.63) is 121 Å². The Morgan fingerprint density at radius 3 is 0.991 bits per heavy atom. The molecule has 9 heterocycles. The second-order valence-electron chi connectivity index (χ2n) is 34.0. The Bertz CT molecular complexity index is 4940. The predicted octanol–water partition coefficient (Wildman–Crippen LogP) is 10.5. The second-order valence-corrected chi connectivity index (χ2v) is 34.0. The van der Waals surface area contributed by atoms with Gasteiger partial charge in [0.2, 0.25) is 23.8 Å². The number of amides is 1. The Labute approximate surface area is 656 Å². The maximum Gasteiger partial charge on any atom is 0.309 e. The number of nitrogens with one attached hydrogen (secondary N) is 3. The average Bonchev–Trinajstić information content (AvgIpc) is 1.72. The molecule has 6 saturated carbocycles. The number of nitrogens with zero attached hydrogens (tertiary/aromatic N) is 12. The van der Waals surface area contributed by atoms with Gasteiger partial charge in [-0.25, -0.2) is 15.0 Å². The quantitative estimate of drug-likeness (QED) is 0.0231. The highest BCUT2D eigenvalue weighted by molar-refractivity contribution is 6.06. The van der Waals surface area contributed by atoms with Gasteiger partial charge in [-0.3, -0.25) is 57.2 Å². The molecule has 1 amide bonds. The summed E-state index contributed by atoms with van der Waals surface area (Å²) in [6.07, 6.45) is 25.2. The zero-order valence-corrected chi connectivity index (χ0v) is 65.1. The first kappa shape index (κ1) is 77.8. The van der Waals surface area contributed by atoms with Gasteiger partial charge in [-0.15, -0.1) is 0 Å². The molecule has 27 nitrogen and oxygen atoms in total. The Hall–Kier alpha value is -9.12. The molecule has 9 aromatic rings. The number of ether oxygens (including phenoxy) is 1. The van der Waals surface area contributed by atoms with Crippen LogP contribution in [0.5, 0.6) is 0 Å². The number of aliphatic carboxylic acids is 1. The lowest BCUT2D eigenvalue weighted by atomic mass is 9.92. The van der Waals surface area contributed by atoms with Crippen LogP contribution in [0.25, 0.3) is 65.4 Å². The highest BCUT2D eigenvalue weighted by Crippen LogP contribution is 2.39. The molecule has 3 aromatic carbocycles. The molecule has 18 rings (SSSR count). The van der Waals surface area contributed by atoms with Crippen LogP contribution in [0.2, 0.25) is 0 Å². The van der Waals surface area contributed by atoms with Gasteiger partial charge >= 0.3 is 11.9 Å². The van der Waals surface area contributed by atoms with Crippen LogP contribution in [0.3, 0.4) is 0 Å². The second kappa shape index (κ2) is 34.5. The number of aliphatic hydroxyl groups excluding tert-OH is 3. The Morgan fingerprint density at radius 1 is 0.407 bits per heavy atom. The van der Waals surface area contributed by atoms with E-state index in [-0.39, 0.29) is 82.7 Å². The van der Waals surface area contributed by atoms with Gasteiger partial charge in [0, 0.05) is 114 Å². The van der Waals surface area contributed by atoms with Crippen molar-refractivity contribution in [2.45, 2.75) is 217 Å². The van der Waals surface area contributed by atoms with Crippen molar-refractivity contribution in [1.29, 1.82) is 0 Å². The number of benzene rings is 3. The number of rotatable bonds is 22.